The van der Waals surface area contributed by atoms with Crippen LogP contribution in [0.4, 0.5) is 0 Å². The minimum Gasteiger partial charge on any atom is -0.314 e. The third-order valence-electron chi connectivity index (χ3n) is 6.07. The van der Waals surface area contributed by atoms with Crippen LogP contribution in [0, 0.1) is 11.3 Å². The second kappa shape index (κ2) is 10.6. The van der Waals surface area contributed by atoms with E-state index in [1.54, 1.807) is 0 Å². The lowest BCUT2D eigenvalue weighted by atomic mass is 9.67. The van der Waals surface area contributed by atoms with Crippen molar-refractivity contribution in [2.75, 3.05) is 6.54 Å². The molecule has 1 heteroatoms. The van der Waals surface area contributed by atoms with Gasteiger partial charge in [-0.2, -0.15) is 0 Å². The molecule has 0 aromatic rings. The van der Waals surface area contributed by atoms with Gasteiger partial charge in [-0.05, 0) is 56.4 Å². The van der Waals surface area contributed by atoms with Gasteiger partial charge < -0.3 is 5.32 Å². The summed E-state index contributed by atoms with van der Waals surface area (Å²) in [5.74, 6) is 0.977. The predicted molar refractivity (Wildman–Crippen MR) is 95.8 cm³/mol. The molecule has 0 spiro atoms. The number of hydrogen-bond donors (Lipinski definition) is 1. The van der Waals surface area contributed by atoms with Crippen molar-refractivity contribution >= 4 is 0 Å². The third-order valence-corrected chi connectivity index (χ3v) is 6.07. The molecular weight excluding hydrogens is 254 g/mol. The summed E-state index contributed by atoms with van der Waals surface area (Å²) in [7, 11) is 0. The Hall–Kier alpha value is -0.0400. The van der Waals surface area contributed by atoms with Crippen molar-refractivity contribution in [3.05, 3.63) is 0 Å². The Morgan fingerprint density at radius 3 is 2.05 bits per heavy atom. The molecular formula is C20H41N. The van der Waals surface area contributed by atoms with E-state index in [1.165, 1.54) is 83.6 Å². The lowest BCUT2D eigenvalue weighted by molar-refractivity contribution is 0.122. The topological polar surface area (TPSA) is 12.0 Å². The van der Waals surface area contributed by atoms with Crippen LogP contribution in [-0.4, -0.2) is 12.6 Å². The van der Waals surface area contributed by atoms with Crippen molar-refractivity contribution in [3.63, 3.8) is 0 Å². The van der Waals surface area contributed by atoms with Gasteiger partial charge in [0.05, 0.1) is 0 Å². The number of rotatable bonds is 9. The first-order chi connectivity index (χ1) is 10.2. The molecule has 1 nitrogen and oxygen atoms in total. The minimum atomic E-state index is 0.610. The highest BCUT2D eigenvalue weighted by Gasteiger charge is 2.32. The summed E-state index contributed by atoms with van der Waals surface area (Å²) in [5.41, 5.74) is 0.610. The molecule has 0 radical (unpaired) electrons. The normalized spacial score (nSPS) is 26.9. The number of nitrogens with one attached hydrogen (secondary N) is 1. The molecule has 0 amide bonds. The van der Waals surface area contributed by atoms with E-state index in [4.69, 9.17) is 0 Å². The Labute approximate surface area is 134 Å². The van der Waals surface area contributed by atoms with Gasteiger partial charge in [0.1, 0.15) is 0 Å². The smallest absolute Gasteiger partial charge is 0.00670 e. The van der Waals surface area contributed by atoms with Crippen LogP contribution in [-0.2, 0) is 0 Å². The van der Waals surface area contributed by atoms with Crippen LogP contribution in [0.1, 0.15) is 105 Å². The molecule has 0 aromatic carbocycles. The maximum absolute atomic E-state index is 3.79. The molecule has 0 bridgehead atoms. The SMILES string of the molecule is CCCCNC1CCCC([C@@](C)(CC)CCCC)CCC1. The monoisotopic (exact) mass is 295 g/mol. The minimum absolute atomic E-state index is 0.610. The van der Waals surface area contributed by atoms with E-state index in [0.29, 0.717) is 5.41 Å². The van der Waals surface area contributed by atoms with E-state index >= 15 is 0 Å². The molecule has 1 saturated carbocycles. The maximum atomic E-state index is 3.79. The number of hydrogen-bond acceptors (Lipinski definition) is 1. The summed E-state index contributed by atoms with van der Waals surface area (Å²) < 4.78 is 0. The summed E-state index contributed by atoms with van der Waals surface area (Å²) in [5, 5.41) is 3.79. The summed E-state index contributed by atoms with van der Waals surface area (Å²) in [4.78, 5) is 0. The van der Waals surface area contributed by atoms with Crippen molar-refractivity contribution < 1.29 is 0 Å². The van der Waals surface area contributed by atoms with Crippen LogP contribution >= 0.6 is 0 Å². The molecule has 1 aliphatic carbocycles. The molecule has 0 unspecified atom stereocenters. The Morgan fingerprint density at radius 2 is 1.52 bits per heavy atom. The van der Waals surface area contributed by atoms with Crippen LogP contribution in [0.2, 0.25) is 0 Å². The van der Waals surface area contributed by atoms with Crippen molar-refractivity contribution in [3.8, 4) is 0 Å². The highest BCUT2D eigenvalue weighted by atomic mass is 14.9. The van der Waals surface area contributed by atoms with Crippen LogP contribution in [0.15, 0.2) is 0 Å². The molecule has 0 heterocycles. The highest BCUT2D eigenvalue weighted by Crippen LogP contribution is 2.43. The zero-order chi connectivity index (χ0) is 15.6. The summed E-state index contributed by atoms with van der Waals surface area (Å²) in [6.45, 7) is 10.8. The lowest BCUT2D eigenvalue weighted by Crippen LogP contribution is -2.33. The van der Waals surface area contributed by atoms with Crippen molar-refractivity contribution in [1.29, 1.82) is 0 Å². The van der Waals surface area contributed by atoms with Crippen molar-refractivity contribution in [2.24, 2.45) is 11.3 Å². The van der Waals surface area contributed by atoms with E-state index in [1.807, 2.05) is 0 Å². The first-order valence-electron chi connectivity index (χ1n) is 9.89. The van der Waals surface area contributed by atoms with Gasteiger partial charge in [0.15, 0.2) is 0 Å². The lowest BCUT2D eigenvalue weighted by Gasteiger charge is -2.39. The second-order valence-corrected chi connectivity index (χ2v) is 7.67. The highest BCUT2D eigenvalue weighted by molar-refractivity contribution is 4.84. The molecule has 1 atom stereocenters. The fraction of sp³-hybridized carbons (Fsp3) is 1.00. The van der Waals surface area contributed by atoms with E-state index in [-0.39, 0.29) is 0 Å². The Morgan fingerprint density at radius 1 is 0.905 bits per heavy atom. The van der Waals surface area contributed by atoms with Crippen molar-refractivity contribution in [2.45, 2.75) is 111 Å². The molecule has 1 aliphatic rings. The maximum Gasteiger partial charge on any atom is 0.00670 e. The predicted octanol–water partition coefficient (Wildman–Crippen LogP) is 6.32. The van der Waals surface area contributed by atoms with Crippen LogP contribution in [0.25, 0.3) is 0 Å². The Kier molecular flexibility index (Phi) is 9.64. The van der Waals surface area contributed by atoms with Crippen LogP contribution in [0.5, 0.6) is 0 Å². The molecule has 0 aromatic heterocycles. The van der Waals surface area contributed by atoms with E-state index in [2.05, 4.69) is 33.0 Å². The van der Waals surface area contributed by atoms with Crippen LogP contribution in [0.3, 0.4) is 0 Å². The third kappa shape index (κ3) is 6.72. The largest absolute Gasteiger partial charge is 0.314 e. The van der Waals surface area contributed by atoms with Gasteiger partial charge in [0.2, 0.25) is 0 Å². The van der Waals surface area contributed by atoms with E-state index in [0.717, 1.165) is 12.0 Å². The van der Waals surface area contributed by atoms with E-state index in [9.17, 15) is 0 Å². The quantitative estimate of drug-likeness (QED) is 0.491. The van der Waals surface area contributed by atoms with Gasteiger partial charge in [-0.25, -0.2) is 0 Å². The zero-order valence-electron chi connectivity index (χ0n) is 15.3. The average molecular weight is 296 g/mol. The van der Waals surface area contributed by atoms with Crippen molar-refractivity contribution in [1.82, 2.24) is 5.32 Å². The van der Waals surface area contributed by atoms with Crippen LogP contribution < -0.4 is 5.32 Å². The molecule has 21 heavy (non-hydrogen) atoms. The van der Waals surface area contributed by atoms with E-state index < -0.39 is 0 Å². The second-order valence-electron chi connectivity index (χ2n) is 7.67. The molecule has 0 aliphatic heterocycles. The Bertz CT molecular complexity index is 240. The number of unbranched alkanes of at least 4 members (excludes halogenated alkanes) is 2. The van der Waals surface area contributed by atoms with Gasteiger partial charge in [-0.3, -0.25) is 0 Å². The van der Waals surface area contributed by atoms with Gasteiger partial charge in [-0.15, -0.1) is 0 Å². The first kappa shape index (κ1) is 19.0. The Balaban J connectivity index is 2.41. The molecule has 0 saturated heterocycles. The first-order valence-corrected chi connectivity index (χ1v) is 9.89. The molecule has 1 N–H and O–H groups in total. The standard InChI is InChI=1S/C20H41N/c1-5-8-16-20(4,7-3)18-12-10-14-19(15-11-13-18)21-17-9-6-2/h18-19,21H,5-17H2,1-4H3/t18?,19?,20-/m0/s1. The summed E-state index contributed by atoms with van der Waals surface area (Å²) in [6, 6.07) is 0.807. The summed E-state index contributed by atoms with van der Waals surface area (Å²) in [6.07, 6.45) is 16.9. The molecule has 1 fully saturated rings. The zero-order valence-corrected chi connectivity index (χ0v) is 15.3. The fourth-order valence-electron chi connectivity index (χ4n) is 4.14. The van der Waals surface area contributed by atoms with Gasteiger partial charge >= 0.3 is 0 Å². The fourth-order valence-corrected chi connectivity index (χ4v) is 4.14. The average Bonchev–Trinajstić information content (AvgIpc) is 2.47. The van der Waals surface area contributed by atoms with Gasteiger partial charge in [0.25, 0.3) is 0 Å². The van der Waals surface area contributed by atoms with Gasteiger partial charge in [0, 0.05) is 6.04 Å². The summed E-state index contributed by atoms with van der Waals surface area (Å²) >= 11 is 0. The molecule has 126 valence electrons. The molecule has 1 rings (SSSR count). The van der Waals surface area contributed by atoms with Gasteiger partial charge in [-0.1, -0.05) is 66.2 Å².